The number of anilines is 1. The van der Waals surface area contributed by atoms with Gasteiger partial charge in [-0.2, -0.15) is 0 Å². The van der Waals surface area contributed by atoms with E-state index in [0.717, 1.165) is 0 Å². The van der Waals surface area contributed by atoms with Crippen LogP contribution in [-0.4, -0.2) is 36.4 Å². The van der Waals surface area contributed by atoms with E-state index in [4.69, 9.17) is 4.74 Å². The van der Waals surface area contributed by atoms with Gasteiger partial charge in [-0.25, -0.2) is 4.79 Å². The number of carbonyl (C=O) groups is 3. The van der Waals surface area contributed by atoms with E-state index in [2.05, 4.69) is 0 Å². The number of carbonyl (C=O) groups excluding carboxylic acids is 3. The molecule has 0 fully saturated rings. The van der Waals surface area contributed by atoms with Crippen LogP contribution in [0.4, 0.5) is 10.5 Å². The number of fused-ring (bicyclic) bond motifs is 2. The van der Waals surface area contributed by atoms with Gasteiger partial charge in [-0.3, -0.25) is 14.5 Å². The van der Waals surface area contributed by atoms with Gasteiger partial charge >= 0.3 is 6.09 Å². The zero-order valence-electron chi connectivity index (χ0n) is 13.2. The number of ether oxygens (including phenoxy) is 1. The summed E-state index contributed by atoms with van der Waals surface area (Å²) in [5.41, 5.74) is 0.667. The second kappa shape index (κ2) is 5.81. The number of phenolic OH excluding ortho intramolecular Hbond substituents is 1. The van der Waals surface area contributed by atoms with Crippen molar-refractivity contribution in [1.29, 1.82) is 0 Å². The van der Waals surface area contributed by atoms with Gasteiger partial charge in [0.1, 0.15) is 5.75 Å². The lowest BCUT2D eigenvalue weighted by Gasteiger charge is -2.26. The summed E-state index contributed by atoms with van der Waals surface area (Å²) in [4.78, 5) is 38.9. The van der Waals surface area contributed by atoms with Crippen molar-refractivity contribution in [3.05, 3.63) is 58.7 Å². The number of methoxy groups -OCH3 is 1. The summed E-state index contributed by atoms with van der Waals surface area (Å²) in [6.45, 7) is 1.96. The fourth-order valence-corrected chi connectivity index (χ4v) is 2.92. The molecule has 0 unspecified atom stereocenters. The van der Waals surface area contributed by atoms with Crippen LogP contribution in [0, 0.1) is 0 Å². The number of rotatable bonds is 2. The minimum absolute atomic E-state index is 0.0194. The molecule has 0 bridgehead atoms. The first-order chi connectivity index (χ1) is 11.5. The predicted octanol–water partition coefficient (Wildman–Crippen LogP) is 2.76. The minimum Gasteiger partial charge on any atom is -0.507 e. The van der Waals surface area contributed by atoms with E-state index in [9.17, 15) is 19.5 Å². The van der Waals surface area contributed by atoms with Crippen LogP contribution in [0.3, 0.4) is 0 Å². The minimum atomic E-state index is -0.649. The van der Waals surface area contributed by atoms with E-state index in [-0.39, 0.29) is 40.2 Å². The number of aromatic hydroxyl groups is 1. The fraction of sp³-hybridized carbons (Fsp3) is 0.167. The van der Waals surface area contributed by atoms with Crippen molar-refractivity contribution in [2.75, 3.05) is 18.6 Å². The summed E-state index contributed by atoms with van der Waals surface area (Å²) in [5, 5.41) is 10.1. The van der Waals surface area contributed by atoms with Crippen LogP contribution in [0.15, 0.2) is 36.4 Å². The smallest absolute Gasteiger partial charge is 0.414 e. The van der Waals surface area contributed by atoms with E-state index in [1.165, 1.54) is 24.1 Å². The summed E-state index contributed by atoms with van der Waals surface area (Å²) < 4.78 is 4.74. The van der Waals surface area contributed by atoms with Crippen molar-refractivity contribution in [2.45, 2.75) is 6.92 Å². The Kier molecular flexibility index (Phi) is 3.81. The van der Waals surface area contributed by atoms with Crippen molar-refractivity contribution in [3.8, 4) is 5.75 Å². The Morgan fingerprint density at radius 2 is 1.62 bits per heavy atom. The van der Waals surface area contributed by atoms with Gasteiger partial charge < -0.3 is 9.84 Å². The van der Waals surface area contributed by atoms with Gasteiger partial charge in [0.05, 0.1) is 23.9 Å². The first kappa shape index (κ1) is 15.7. The Labute approximate surface area is 138 Å². The molecule has 1 aliphatic carbocycles. The third kappa shape index (κ3) is 2.15. The summed E-state index contributed by atoms with van der Waals surface area (Å²) >= 11 is 0. The highest BCUT2D eigenvalue weighted by Gasteiger charge is 2.35. The zero-order chi connectivity index (χ0) is 17.4. The average molecular weight is 325 g/mol. The Bertz CT molecular complexity index is 872. The van der Waals surface area contributed by atoms with E-state index >= 15 is 0 Å². The summed E-state index contributed by atoms with van der Waals surface area (Å²) in [6, 6.07) is 9.16. The van der Waals surface area contributed by atoms with Crippen molar-refractivity contribution < 1.29 is 24.2 Å². The molecule has 0 saturated heterocycles. The highest BCUT2D eigenvalue weighted by Crippen LogP contribution is 2.38. The second-order valence-electron chi connectivity index (χ2n) is 5.27. The maximum absolute atomic E-state index is 12.9. The third-order valence-electron chi connectivity index (χ3n) is 4.03. The summed E-state index contributed by atoms with van der Waals surface area (Å²) in [7, 11) is 1.24. The predicted molar refractivity (Wildman–Crippen MR) is 86.8 cm³/mol. The molecule has 2 aromatic rings. The number of hydrogen-bond donors (Lipinski definition) is 1. The lowest BCUT2D eigenvalue weighted by Crippen LogP contribution is -2.33. The zero-order valence-corrected chi connectivity index (χ0v) is 13.2. The number of phenols is 1. The standard InChI is InChI=1S/C18H15NO5/c1-3-19(18(23)24-2)12-8-9-13(20)15-14(12)16(21)10-6-4-5-7-11(10)17(15)22/h4-9,20H,3H2,1-2H3. The lowest BCUT2D eigenvalue weighted by atomic mass is 9.82. The van der Waals surface area contributed by atoms with Gasteiger partial charge in [0.25, 0.3) is 0 Å². The molecule has 24 heavy (non-hydrogen) atoms. The number of nitrogens with zero attached hydrogens (tertiary/aromatic N) is 1. The molecule has 1 aliphatic rings. The van der Waals surface area contributed by atoms with Crippen LogP contribution in [0.25, 0.3) is 0 Å². The van der Waals surface area contributed by atoms with Crippen LogP contribution < -0.4 is 4.90 Å². The van der Waals surface area contributed by atoms with Crippen LogP contribution in [0.1, 0.15) is 38.8 Å². The molecule has 6 nitrogen and oxygen atoms in total. The number of hydrogen-bond acceptors (Lipinski definition) is 5. The van der Waals surface area contributed by atoms with Crippen molar-refractivity contribution in [2.24, 2.45) is 0 Å². The van der Waals surface area contributed by atoms with Gasteiger partial charge in [0.2, 0.25) is 0 Å². The molecular weight excluding hydrogens is 310 g/mol. The molecule has 6 heteroatoms. The Morgan fingerprint density at radius 1 is 1.04 bits per heavy atom. The van der Waals surface area contributed by atoms with Crippen molar-refractivity contribution in [1.82, 2.24) is 0 Å². The van der Waals surface area contributed by atoms with Crippen LogP contribution >= 0.6 is 0 Å². The number of benzene rings is 2. The molecule has 1 amide bonds. The summed E-state index contributed by atoms with van der Waals surface area (Å²) in [6.07, 6.45) is -0.649. The average Bonchev–Trinajstić information content (AvgIpc) is 2.61. The topological polar surface area (TPSA) is 83.9 Å². The molecule has 0 radical (unpaired) electrons. The molecule has 0 aromatic heterocycles. The Balaban J connectivity index is 2.30. The van der Waals surface area contributed by atoms with E-state index in [1.807, 2.05) is 0 Å². The van der Waals surface area contributed by atoms with Gasteiger partial charge in [-0.05, 0) is 19.1 Å². The van der Waals surface area contributed by atoms with Gasteiger partial charge in [-0.1, -0.05) is 24.3 Å². The largest absolute Gasteiger partial charge is 0.507 e. The molecule has 3 rings (SSSR count). The third-order valence-corrected chi connectivity index (χ3v) is 4.03. The lowest BCUT2D eigenvalue weighted by molar-refractivity contribution is 0.0977. The second-order valence-corrected chi connectivity index (χ2v) is 5.27. The molecule has 0 spiro atoms. The monoisotopic (exact) mass is 325 g/mol. The first-order valence-electron chi connectivity index (χ1n) is 7.41. The molecule has 1 N–H and O–H groups in total. The van der Waals surface area contributed by atoms with Crippen LogP contribution in [0.2, 0.25) is 0 Å². The SMILES string of the molecule is CCN(C(=O)OC)c1ccc(O)c2c1C(=O)c1ccccc1C2=O. The highest BCUT2D eigenvalue weighted by molar-refractivity contribution is 6.31. The van der Waals surface area contributed by atoms with E-state index in [0.29, 0.717) is 0 Å². The van der Waals surface area contributed by atoms with Gasteiger partial charge in [-0.15, -0.1) is 0 Å². The molecule has 2 aromatic carbocycles. The maximum atomic E-state index is 12.9. The number of amides is 1. The van der Waals surface area contributed by atoms with Crippen molar-refractivity contribution in [3.63, 3.8) is 0 Å². The normalized spacial score (nSPS) is 12.4. The molecular formula is C18H15NO5. The number of ketones is 2. The Hall–Kier alpha value is -3.15. The molecule has 0 aliphatic heterocycles. The van der Waals surface area contributed by atoms with Gasteiger partial charge in [0.15, 0.2) is 11.6 Å². The first-order valence-corrected chi connectivity index (χ1v) is 7.41. The van der Waals surface area contributed by atoms with Crippen LogP contribution in [-0.2, 0) is 4.74 Å². The van der Waals surface area contributed by atoms with E-state index < -0.39 is 17.7 Å². The van der Waals surface area contributed by atoms with Crippen LogP contribution in [0.5, 0.6) is 5.75 Å². The Morgan fingerprint density at radius 3 is 2.17 bits per heavy atom. The van der Waals surface area contributed by atoms with E-state index in [1.54, 1.807) is 31.2 Å². The molecule has 122 valence electrons. The highest BCUT2D eigenvalue weighted by atomic mass is 16.5. The molecule has 0 heterocycles. The summed E-state index contributed by atoms with van der Waals surface area (Å²) in [5.74, 6) is -1.14. The quantitative estimate of drug-likeness (QED) is 0.783. The molecule has 0 atom stereocenters. The maximum Gasteiger partial charge on any atom is 0.414 e. The van der Waals surface area contributed by atoms with Gasteiger partial charge in [0, 0.05) is 17.7 Å². The van der Waals surface area contributed by atoms with Crippen molar-refractivity contribution >= 4 is 23.3 Å². The molecule has 0 saturated carbocycles. The fourth-order valence-electron chi connectivity index (χ4n) is 2.92.